The van der Waals surface area contributed by atoms with E-state index in [9.17, 15) is 5.11 Å². The van der Waals surface area contributed by atoms with E-state index in [1.54, 1.807) is 0 Å². The van der Waals surface area contributed by atoms with E-state index in [1.165, 1.54) is 11.1 Å². The van der Waals surface area contributed by atoms with Crippen LogP contribution in [0.25, 0.3) is 22.3 Å². The highest BCUT2D eigenvalue weighted by atomic mass is 16.6. The van der Waals surface area contributed by atoms with Crippen LogP contribution < -0.4 is 9.47 Å². The molecule has 0 saturated carbocycles. The van der Waals surface area contributed by atoms with Crippen molar-refractivity contribution in [1.82, 2.24) is 0 Å². The molecule has 4 aromatic rings. The summed E-state index contributed by atoms with van der Waals surface area (Å²) in [7, 11) is 0. The molecule has 1 aliphatic rings. The molecule has 0 spiro atoms. The van der Waals surface area contributed by atoms with Crippen LogP contribution in [-0.2, 0) is 10.2 Å². The Labute approximate surface area is 219 Å². The largest absolute Gasteiger partial charge is 0.493 e. The van der Waals surface area contributed by atoms with E-state index in [0.29, 0.717) is 19.6 Å². The zero-order valence-corrected chi connectivity index (χ0v) is 21.5. The fourth-order valence-electron chi connectivity index (χ4n) is 4.54. The summed E-state index contributed by atoms with van der Waals surface area (Å²) in [5.41, 5.74) is 6.50. The van der Waals surface area contributed by atoms with E-state index < -0.39 is 0 Å². The minimum atomic E-state index is -0.269. The third-order valence-electron chi connectivity index (χ3n) is 6.96. The smallest absolute Gasteiger partial charge is 0.127 e. The summed E-state index contributed by atoms with van der Waals surface area (Å²) >= 11 is 0. The van der Waals surface area contributed by atoms with E-state index in [1.807, 2.05) is 24.3 Å². The average Bonchev–Trinajstić information content (AvgIpc) is 3.78. The Morgan fingerprint density at radius 2 is 1.27 bits per heavy atom. The molecule has 4 heteroatoms. The van der Waals surface area contributed by atoms with Crippen molar-refractivity contribution in [3.8, 4) is 33.8 Å². The topological polar surface area (TPSA) is 51.2 Å². The van der Waals surface area contributed by atoms with Gasteiger partial charge in [-0.3, -0.25) is 0 Å². The van der Waals surface area contributed by atoms with Gasteiger partial charge >= 0.3 is 0 Å². The molecular formula is C33H34O4. The molecule has 4 aromatic carbocycles. The average molecular weight is 495 g/mol. The molecule has 0 aromatic heterocycles. The number of hydrogen-bond acceptors (Lipinski definition) is 4. The quantitative estimate of drug-likeness (QED) is 0.182. The van der Waals surface area contributed by atoms with Gasteiger partial charge in [-0.15, -0.1) is 0 Å². The normalized spacial score (nSPS) is 14.8. The van der Waals surface area contributed by atoms with Crippen molar-refractivity contribution in [3.63, 3.8) is 0 Å². The van der Waals surface area contributed by atoms with Crippen LogP contribution >= 0.6 is 0 Å². The van der Waals surface area contributed by atoms with Crippen molar-refractivity contribution in [2.75, 3.05) is 26.4 Å². The highest BCUT2D eigenvalue weighted by Crippen LogP contribution is 2.41. The maximum absolute atomic E-state index is 9.20. The number of ether oxygens (including phenoxy) is 3. The van der Waals surface area contributed by atoms with Gasteiger partial charge in [0.05, 0.1) is 13.2 Å². The first-order chi connectivity index (χ1) is 18.1. The fraction of sp³-hybridized carbons (Fsp3) is 0.273. The zero-order valence-electron chi connectivity index (χ0n) is 21.5. The van der Waals surface area contributed by atoms with Crippen LogP contribution in [0.2, 0.25) is 0 Å². The second-order valence-corrected chi connectivity index (χ2v) is 9.97. The van der Waals surface area contributed by atoms with Gasteiger partial charge in [0.2, 0.25) is 0 Å². The van der Waals surface area contributed by atoms with E-state index in [4.69, 9.17) is 14.2 Å². The molecular weight excluding hydrogens is 460 g/mol. The number of benzene rings is 4. The van der Waals surface area contributed by atoms with E-state index in [0.717, 1.165) is 40.4 Å². The third kappa shape index (κ3) is 5.87. The Balaban J connectivity index is 1.53. The van der Waals surface area contributed by atoms with Crippen molar-refractivity contribution < 1.29 is 19.3 Å². The Morgan fingerprint density at radius 1 is 0.757 bits per heavy atom. The van der Waals surface area contributed by atoms with E-state index in [-0.39, 0.29) is 18.1 Å². The van der Waals surface area contributed by atoms with Crippen LogP contribution in [0.5, 0.6) is 11.5 Å². The molecule has 4 nitrogen and oxygen atoms in total. The summed E-state index contributed by atoms with van der Waals surface area (Å²) < 4.78 is 17.6. The molecule has 0 radical (unpaired) electrons. The summed E-state index contributed by atoms with van der Waals surface area (Å²) in [5, 5.41) is 9.20. The van der Waals surface area contributed by atoms with Gasteiger partial charge in [0, 0.05) is 29.6 Å². The molecule has 1 unspecified atom stereocenters. The molecule has 37 heavy (non-hydrogen) atoms. The molecule has 0 bridgehead atoms. The highest BCUT2D eigenvalue weighted by Gasteiger charge is 2.27. The summed E-state index contributed by atoms with van der Waals surface area (Å²) in [6.07, 6.45) is 0.805. The first-order valence-corrected chi connectivity index (χ1v) is 12.9. The van der Waals surface area contributed by atoms with Crippen LogP contribution in [0, 0.1) is 0 Å². The SMILES string of the molecule is CC(C)(c1ccc(OCCCO)c(-c2ccccc2)c1)c1ccc(OCC2CO2)c(-c2ccccc2)c1. The Bertz CT molecular complexity index is 1310. The zero-order chi connectivity index (χ0) is 25.7. The van der Waals surface area contributed by atoms with Crippen LogP contribution in [0.3, 0.4) is 0 Å². The molecule has 1 atom stereocenters. The van der Waals surface area contributed by atoms with Gasteiger partial charge < -0.3 is 19.3 Å². The monoisotopic (exact) mass is 494 g/mol. The molecule has 1 fully saturated rings. The number of aliphatic hydroxyl groups excluding tert-OH is 1. The minimum Gasteiger partial charge on any atom is -0.493 e. The molecule has 0 aliphatic carbocycles. The van der Waals surface area contributed by atoms with Crippen molar-refractivity contribution >= 4 is 0 Å². The summed E-state index contributed by atoms with van der Waals surface area (Å²) in [5.74, 6) is 1.70. The molecule has 1 saturated heterocycles. The molecule has 1 heterocycles. The lowest BCUT2D eigenvalue weighted by Crippen LogP contribution is -2.19. The number of rotatable bonds is 11. The Hall–Kier alpha value is -3.60. The lowest BCUT2D eigenvalue weighted by Gasteiger charge is -2.28. The maximum atomic E-state index is 9.20. The second-order valence-electron chi connectivity index (χ2n) is 9.97. The first kappa shape index (κ1) is 25.1. The van der Waals surface area contributed by atoms with Gasteiger partial charge in [-0.05, 0) is 46.5 Å². The van der Waals surface area contributed by atoms with Gasteiger partial charge in [0.15, 0.2) is 0 Å². The van der Waals surface area contributed by atoms with Crippen molar-refractivity contribution in [2.24, 2.45) is 0 Å². The standard InChI is InChI=1S/C33H34O4/c1-33(2,26-14-16-31(35-19-9-18-34)29(20-26)24-10-5-3-6-11-24)27-15-17-32(37-23-28-22-36-28)30(21-27)25-12-7-4-8-13-25/h3-8,10-17,20-21,28,34H,9,18-19,22-23H2,1-2H3. The number of epoxide rings is 1. The summed E-state index contributed by atoms with van der Waals surface area (Å²) in [6.45, 7) is 6.45. The van der Waals surface area contributed by atoms with Gasteiger partial charge in [0.25, 0.3) is 0 Å². The molecule has 1 aliphatic heterocycles. The minimum absolute atomic E-state index is 0.114. The predicted molar refractivity (Wildman–Crippen MR) is 148 cm³/mol. The third-order valence-corrected chi connectivity index (χ3v) is 6.96. The molecule has 190 valence electrons. The molecule has 0 amide bonds. The maximum Gasteiger partial charge on any atom is 0.127 e. The number of aliphatic hydroxyl groups is 1. The Kier molecular flexibility index (Phi) is 7.59. The van der Waals surface area contributed by atoms with Gasteiger partial charge in [-0.1, -0.05) is 86.6 Å². The first-order valence-electron chi connectivity index (χ1n) is 12.9. The van der Waals surface area contributed by atoms with Crippen molar-refractivity contribution in [1.29, 1.82) is 0 Å². The van der Waals surface area contributed by atoms with E-state index >= 15 is 0 Å². The lowest BCUT2D eigenvalue weighted by molar-refractivity contribution is 0.234. The van der Waals surface area contributed by atoms with Crippen LogP contribution in [0.4, 0.5) is 0 Å². The summed E-state index contributed by atoms with van der Waals surface area (Å²) in [6, 6.07) is 33.7. The molecule has 1 N–H and O–H groups in total. The highest BCUT2D eigenvalue weighted by molar-refractivity contribution is 5.74. The fourth-order valence-corrected chi connectivity index (χ4v) is 4.54. The lowest BCUT2D eigenvalue weighted by atomic mass is 9.76. The van der Waals surface area contributed by atoms with Crippen molar-refractivity contribution in [3.05, 3.63) is 108 Å². The van der Waals surface area contributed by atoms with Gasteiger partial charge in [0.1, 0.15) is 24.2 Å². The van der Waals surface area contributed by atoms with E-state index in [2.05, 4.69) is 86.6 Å². The predicted octanol–water partition coefficient (Wildman–Crippen LogP) is 6.89. The Morgan fingerprint density at radius 3 is 1.76 bits per heavy atom. The van der Waals surface area contributed by atoms with Crippen LogP contribution in [-0.4, -0.2) is 37.6 Å². The van der Waals surface area contributed by atoms with Crippen molar-refractivity contribution in [2.45, 2.75) is 31.8 Å². The van der Waals surface area contributed by atoms with Crippen LogP contribution in [0.15, 0.2) is 97.1 Å². The van der Waals surface area contributed by atoms with Crippen LogP contribution in [0.1, 0.15) is 31.4 Å². The summed E-state index contributed by atoms with van der Waals surface area (Å²) in [4.78, 5) is 0. The second kappa shape index (κ2) is 11.2. The van der Waals surface area contributed by atoms with Gasteiger partial charge in [-0.25, -0.2) is 0 Å². The molecule has 5 rings (SSSR count). The number of hydrogen-bond donors (Lipinski definition) is 1. The van der Waals surface area contributed by atoms with Gasteiger partial charge in [-0.2, -0.15) is 0 Å².